The molecular weight excluding hydrogens is 258 g/mol. The second-order valence-electron chi connectivity index (χ2n) is 6.60. The molecule has 0 amide bonds. The smallest absolute Gasteiger partial charge is 0.0547 e. The van der Waals surface area contributed by atoms with Gasteiger partial charge in [-0.15, -0.1) is 0 Å². The van der Waals surface area contributed by atoms with Crippen molar-refractivity contribution in [1.29, 1.82) is 0 Å². The van der Waals surface area contributed by atoms with E-state index in [2.05, 4.69) is 54.2 Å². The summed E-state index contributed by atoms with van der Waals surface area (Å²) in [4.78, 5) is 7.24. The lowest BCUT2D eigenvalue weighted by Gasteiger charge is -2.41. The third-order valence-electron chi connectivity index (χ3n) is 4.68. The van der Waals surface area contributed by atoms with E-state index < -0.39 is 0 Å². The first-order chi connectivity index (χ1) is 10.2. The second kappa shape index (κ2) is 7.90. The van der Waals surface area contributed by atoms with Crippen LogP contribution in [-0.4, -0.2) is 36.1 Å². The Labute approximate surface area is 130 Å². The van der Waals surface area contributed by atoms with Gasteiger partial charge in [0.2, 0.25) is 0 Å². The van der Waals surface area contributed by atoms with E-state index in [0.29, 0.717) is 5.41 Å². The van der Waals surface area contributed by atoms with Gasteiger partial charge >= 0.3 is 0 Å². The van der Waals surface area contributed by atoms with Crippen molar-refractivity contribution in [3.05, 3.63) is 29.6 Å². The number of hydrogen-bond donors (Lipinski definition) is 1. The fourth-order valence-corrected chi connectivity index (χ4v) is 3.66. The average molecular weight is 289 g/mol. The largest absolute Gasteiger partial charge is 0.316 e. The van der Waals surface area contributed by atoms with Crippen LogP contribution in [0.25, 0.3) is 0 Å². The molecule has 1 aliphatic rings. The fraction of sp³-hybridized carbons (Fsp3) is 0.722. The van der Waals surface area contributed by atoms with E-state index >= 15 is 0 Å². The minimum Gasteiger partial charge on any atom is -0.316 e. The maximum Gasteiger partial charge on any atom is 0.0547 e. The Morgan fingerprint density at radius 2 is 2.19 bits per heavy atom. The highest BCUT2D eigenvalue weighted by atomic mass is 15.1. The number of aromatic nitrogens is 1. The van der Waals surface area contributed by atoms with Crippen molar-refractivity contribution in [2.45, 2.75) is 53.0 Å². The number of pyridine rings is 1. The van der Waals surface area contributed by atoms with Crippen molar-refractivity contribution < 1.29 is 0 Å². The summed E-state index contributed by atoms with van der Waals surface area (Å²) in [5, 5.41) is 3.62. The number of aryl methyl sites for hydroxylation is 1. The molecule has 1 saturated heterocycles. The van der Waals surface area contributed by atoms with Crippen LogP contribution in [0, 0.1) is 12.3 Å². The topological polar surface area (TPSA) is 28.2 Å². The van der Waals surface area contributed by atoms with Crippen molar-refractivity contribution in [1.82, 2.24) is 15.2 Å². The lowest BCUT2D eigenvalue weighted by molar-refractivity contribution is 0.104. The first-order valence-electron chi connectivity index (χ1n) is 8.53. The van der Waals surface area contributed by atoms with E-state index in [9.17, 15) is 0 Å². The number of piperidine rings is 1. The van der Waals surface area contributed by atoms with Gasteiger partial charge in [0.25, 0.3) is 0 Å². The Morgan fingerprint density at radius 3 is 2.81 bits per heavy atom. The molecule has 0 spiro atoms. The van der Waals surface area contributed by atoms with Gasteiger partial charge in [0, 0.05) is 25.3 Å². The maximum absolute atomic E-state index is 4.67. The summed E-state index contributed by atoms with van der Waals surface area (Å²) in [6.07, 6.45) is 5.30. The highest BCUT2D eigenvalue weighted by Gasteiger charge is 2.32. The van der Waals surface area contributed by atoms with Crippen LogP contribution in [0.4, 0.5) is 0 Å². The quantitative estimate of drug-likeness (QED) is 0.834. The van der Waals surface area contributed by atoms with E-state index in [1.807, 2.05) is 0 Å². The highest BCUT2D eigenvalue weighted by Crippen LogP contribution is 2.32. The van der Waals surface area contributed by atoms with E-state index in [1.54, 1.807) is 0 Å². The number of nitrogens with zero attached hydrogens (tertiary/aromatic N) is 2. The van der Waals surface area contributed by atoms with Crippen molar-refractivity contribution in [2.75, 3.05) is 26.2 Å². The summed E-state index contributed by atoms with van der Waals surface area (Å²) in [6, 6.07) is 6.35. The Balaban J connectivity index is 2.02. The average Bonchev–Trinajstić information content (AvgIpc) is 2.48. The Morgan fingerprint density at radius 1 is 1.33 bits per heavy atom. The molecule has 1 aromatic heterocycles. The van der Waals surface area contributed by atoms with E-state index in [4.69, 9.17) is 0 Å². The summed E-state index contributed by atoms with van der Waals surface area (Å²) in [6.45, 7) is 12.3. The van der Waals surface area contributed by atoms with Crippen molar-refractivity contribution in [2.24, 2.45) is 5.41 Å². The van der Waals surface area contributed by atoms with Gasteiger partial charge in [-0.1, -0.05) is 26.3 Å². The molecule has 0 bridgehead atoms. The molecular formula is C18H31N3. The standard InChI is InChI=1S/C18H31N3/c1-4-10-18(11-7-12-19-14-18)15-21(5-2)13-17-9-6-8-16(3)20-17/h6,8-9,19H,4-5,7,10-15H2,1-3H3. The lowest BCUT2D eigenvalue weighted by Crippen LogP contribution is -2.47. The third kappa shape index (κ3) is 4.79. The molecule has 1 aromatic rings. The first-order valence-corrected chi connectivity index (χ1v) is 8.53. The second-order valence-corrected chi connectivity index (χ2v) is 6.60. The van der Waals surface area contributed by atoms with E-state index in [-0.39, 0.29) is 0 Å². The summed E-state index contributed by atoms with van der Waals surface area (Å²) >= 11 is 0. The minimum atomic E-state index is 0.465. The van der Waals surface area contributed by atoms with Crippen LogP contribution in [0.2, 0.25) is 0 Å². The SMILES string of the molecule is CCCC1(CN(CC)Cc2cccc(C)n2)CCCNC1. The zero-order valence-corrected chi connectivity index (χ0v) is 14.0. The molecule has 2 heterocycles. The monoisotopic (exact) mass is 289 g/mol. The van der Waals surface area contributed by atoms with Gasteiger partial charge in [0.15, 0.2) is 0 Å². The van der Waals surface area contributed by atoms with Crippen LogP contribution < -0.4 is 5.32 Å². The van der Waals surface area contributed by atoms with Gasteiger partial charge in [0.05, 0.1) is 5.69 Å². The summed E-state index contributed by atoms with van der Waals surface area (Å²) < 4.78 is 0. The van der Waals surface area contributed by atoms with Gasteiger partial charge in [-0.3, -0.25) is 9.88 Å². The Kier molecular flexibility index (Phi) is 6.19. The zero-order chi connectivity index (χ0) is 15.1. The van der Waals surface area contributed by atoms with Gasteiger partial charge in [0.1, 0.15) is 0 Å². The molecule has 1 aliphatic heterocycles. The van der Waals surface area contributed by atoms with Crippen LogP contribution in [0.3, 0.4) is 0 Å². The molecule has 3 heteroatoms. The normalized spacial score (nSPS) is 22.7. The van der Waals surface area contributed by atoms with Crippen molar-refractivity contribution in [3.63, 3.8) is 0 Å². The molecule has 1 unspecified atom stereocenters. The van der Waals surface area contributed by atoms with Crippen LogP contribution in [0.5, 0.6) is 0 Å². The van der Waals surface area contributed by atoms with Gasteiger partial charge in [-0.25, -0.2) is 0 Å². The molecule has 0 saturated carbocycles. The van der Waals surface area contributed by atoms with Gasteiger partial charge in [-0.05, 0) is 56.8 Å². The summed E-state index contributed by atoms with van der Waals surface area (Å²) in [7, 11) is 0. The number of rotatable bonds is 7. The summed E-state index contributed by atoms with van der Waals surface area (Å²) in [5.74, 6) is 0. The third-order valence-corrected chi connectivity index (χ3v) is 4.68. The number of nitrogens with one attached hydrogen (secondary N) is 1. The molecule has 1 atom stereocenters. The van der Waals surface area contributed by atoms with Crippen LogP contribution in [0.1, 0.15) is 50.9 Å². The fourth-order valence-electron chi connectivity index (χ4n) is 3.66. The minimum absolute atomic E-state index is 0.465. The number of hydrogen-bond acceptors (Lipinski definition) is 3. The van der Waals surface area contributed by atoms with Crippen molar-refractivity contribution in [3.8, 4) is 0 Å². The molecule has 1 N–H and O–H groups in total. The first kappa shape index (κ1) is 16.4. The molecule has 118 valence electrons. The molecule has 1 fully saturated rings. The molecule has 21 heavy (non-hydrogen) atoms. The van der Waals surface area contributed by atoms with E-state index in [0.717, 1.165) is 18.8 Å². The van der Waals surface area contributed by atoms with E-state index in [1.165, 1.54) is 51.0 Å². The maximum atomic E-state index is 4.67. The highest BCUT2D eigenvalue weighted by molar-refractivity contribution is 5.10. The predicted octanol–water partition coefficient (Wildman–Crippen LogP) is 3.38. The summed E-state index contributed by atoms with van der Waals surface area (Å²) in [5.41, 5.74) is 2.78. The van der Waals surface area contributed by atoms with Crippen LogP contribution >= 0.6 is 0 Å². The predicted molar refractivity (Wildman–Crippen MR) is 89.4 cm³/mol. The molecule has 0 aliphatic carbocycles. The zero-order valence-electron chi connectivity index (χ0n) is 14.0. The Bertz CT molecular complexity index is 419. The van der Waals surface area contributed by atoms with Gasteiger partial charge < -0.3 is 5.32 Å². The molecule has 0 radical (unpaired) electrons. The Hall–Kier alpha value is -0.930. The van der Waals surface area contributed by atoms with Gasteiger partial charge in [-0.2, -0.15) is 0 Å². The van der Waals surface area contributed by atoms with Crippen LogP contribution in [-0.2, 0) is 6.54 Å². The molecule has 2 rings (SSSR count). The van der Waals surface area contributed by atoms with Crippen molar-refractivity contribution >= 4 is 0 Å². The van der Waals surface area contributed by atoms with Crippen LogP contribution in [0.15, 0.2) is 18.2 Å². The molecule has 3 nitrogen and oxygen atoms in total. The lowest BCUT2D eigenvalue weighted by atomic mass is 9.76. The molecule has 0 aromatic carbocycles.